The van der Waals surface area contributed by atoms with Gasteiger partial charge in [0.15, 0.2) is 0 Å². The highest BCUT2D eigenvalue weighted by Gasteiger charge is 2.05. The van der Waals surface area contributed by atoms with E-state index in [1.54, 1.807) is 31.2 Å². The third kappa shape index (κ3) is 5.76. The Kier molecular flexibility index (Phi) is 6.21. The minimum Gasteiger partial charge on any atom is -0.494 e. The summed E-state index contributed by atoms with van der Waals surface area (Å²) in [6, 6.07) is 7.19. The topological polar surface area (TPSA) is 76.7 Å². The van der Waals surface area contributed by atoms with E-state index in [4.69, 9.17) is 4.74 Å². The molecule has 0 aliphatic rings. The minimum atomic E-state index is -0.678. The maximum atomic E-state index is 11.5. The normalized spacial score (nSPS) is 9.58. The van der Waals surface area contributed by atoms with Crippen LogP contribution in [0.2, 0.25) is 0 Å². The van der Waals surface area contributed by atoms with E-state index in [2.05, 4.69) is 15.6 Å². The van der Waals surface area contributed by atoms with Gasteiger partial charge in [-0.25, -0.2) is 10.2 Å². The molecule has 0 aromatic heterocycles. The van der Waals surface area contributed by atoms with Crippen LogP contribution in [0.4, 0.5) is 4.79 Å². The molecule has 2 amide bonds. The van der Waals surface area contributed by atoms with Gasteiger partial charge in [-0.1, -0.05) is 12.1 Å². The second kappa shape index (κ2) is 7.97. The van der Waals surface area contributed by atoms with Gasteiger partial charge >= 0.3 is 6.09 Å². The molecule has 2 N–H and O–H groups in total. The van der Waals surface area contributed by atoms with E-state index >= 15 is 0 Å². The molecule has 1 rings (SSSR count). The van der Waals surface area contributed by atoms with E-state index in [0.29, 0.717) is 6.61 Å². The predicted octanol–water partition coefficient (Wildman–Crippen LogP) is 1.41. The maximum Gasteiger partial charge on any atom is 0.426 e. The Bertz CT molecular complexity index is 417. The van der Waals surface area contributed by atoms with Crippen molar-refractivity contribution in [3.05, 3.63) is 29.8 Å². The summed E-state index contributed by atoms with van der Waals surface area (Å²) in [7, 11) is 0. The lowest BCUT2D eigenvalue weighted by atomic mass is 10.1. The van der Waals surface area contributed by atoms with Crippen molar-refractivity contribution in [3.63, 3.8) is 0 Å². The molecule has 0 heterocycles. The number of benzene rings is 1. The Balaban J connectivity index is 2.37. The first-order valence-corrected chi connectivity index (χ1v) is 6.09. The summed E-state index contributed by atoms with van der Waals surface area (Å²) in [5, 5.41) is 0. The van der Waals surface area contributed by atoms with Crippen LogP contribution >= 0.6 is 0 Å². The van der Waals surface area contributed by atoms with Crippen LogP contribution in [0.25, 0.3) is 0 Å². The van der Waals surface area contributed by atoms with Gasteiger partial charge in [-0.3, -0.25) is 10.2 Å². The van der Waals surface area contributed by atoms with E-state index in [1.807, 2.05) is 6.92 Å². The van der Waals surface area contributed by atoms with Gasteiger partial charge in [0.25, 0.3) is 0 Å². The standard InChI is InChI=1S/C13H18N2O4/c1-3-18-11-7-5-10(6-8-11)9-12(16)14-15-13(17)19-4-2/h5-8H,3-4,9H2,1-2H3,(H,14,16)(H,15,17). The number of rotatable bonds is 5. The highest BCUT2D eigenvalue weighted by atomic mass is 16.6. The van der Waals surface area contributed by atoms with Gasteiger partial charge in [0.05, 0.1) is 19.6 Å². The van der Waals surface area contributed by atoms with Crippen LogP contribution in [0.3, 0.4) is 0 Å². The van der Waals surface area contributed by atoms with Gasteiger partial charge in [0, 0.05) is 0 Å². The smallest absolute Gasteiger partial charge is 0.426 e. The highest BCUT2D eigenvalue weighted by Crippen LogP contribution is 2.12. The Morgan fingerprint density at radius 1 is 1.05 bits per heavy atom. The largest absolute Gasteiger partial charge is 0.494 e. The van der Waals surface area contributed by atoms with Crippen molar-refractivity contribution in [2.45, 2.75) is 20.3 Å². The average molecular weight is 266 g/mol. The maximum absolute atomic E-state index is 11.5. The van der Waals surface area contributed by atoms with Crippen LogP contribution in [0.15, 0.2) is 24.3 Å². The molecule has 19 heavy (non-hydrogen) atoms. The average Bonchev–Trinajstić information content (AvgIpc) is 2.39. The number of hydrazine groups is 1. The van der Waals surface area contributed by atoms with Crippen LogP contribution < -0.4 is 15.6 Å². The molecule has 6 nitrogen and oxygen atoms in total. The molecule has 0 atom stereocenters. The van der Waals surface area contributed by atoms with Crippen LogP contribution in [0.5, 0.6) is 5.75 Å². The first-order chi connectivity index (χ1) is 9.15. The number of hydrogen-bond donors (Lipinski definition) is 2. The summed E-state index contributed by atoms with van der Waals surface area (Å²) in [5.74, 6) is 0.438. The summed E-state index contributed by atoms with van der Waals surface area (Å²) in [6.07, 6.45) is -0.513. The van der Waals surface area contributed by atoms with Crippen molar-refractivity contribution in [1.82, 2.24) is 10.9 Å². The Labute approximate surface area is 112 Å². The molecule has 1 aromatic rings. The monoisotopic (exact) mass is 266 g/mol. The molecule has 0 saturated heterocycles. The van der Waals surface area contributed by atoms with Gasteiger partial charge in [-0.2, -0.15) is 0 Å². The summed E-state index contributed by atoms with van der Waals surface area (Å²) in [6.45, 7) is 4.44. The molecule has 0 radical (unpaired) electrons. The Hall–Kier alpha value is -2.24. The number of carbonyl (C=O) groups is 2. The SMILES string of the molecule is CCOC(=O)NNC(=O)Cc1ccc(OCC)cc1. The molecule has 0 aliphatic heterocycles. The second-order valence-electron chi connectivity index (χ2n) is 3.65. The van der Waals surface area contributed by atoms with Crippen molar-refractivity contribution in [1.29, 1.82) is 0 Å². The minimum absolute atomic E-state index is 0.165. The zero-order valence-corrected chi connectivity index (χ0v) is 11.1. The third-order valence-corrected chi connectivity index (χ3v) is 2.18. The molecule has 104 valence electrons. The Morgan fingerprint density at radius 2 is 1.74 bits per heavy atom. The molecule has 0 spiro atoms. The van der Waals surface area contributed by atoms with Gasteiger partial charge in [-0.05, 0) is 31.5 Å². The fraction of sp³-hybridized carbons (Fsp3) is 0.385. The molecule has 0 fully saturated rings. The molecule has 0 bridgehead atoms. The summed E-state index contributed by atoms with van der Waals surface area (Å²) in [5.41, 5.74) is 5.24. The van der Waals surface area contributed by atoms with E-state index < -0.39 is 6.09 Å². The van der Waals surface area contributed by atoms with Gasteiger partial charge < -0.3 is 9.47 Å². The highest BCUT2D eigenvalue weighted by molar-refractivity contribution is 5.80. The van der Waals surface area contributed by atoms with Gasteiger partial charge in [0.2, 0.25) is 5.91 Å². The summed E-state index contributed by atoms with van der Waals surface area (Å²) >= 11 is 0. The van der Waals surface area contributed by atoms with Crippen LogP contribution in [0.1, 0.15) is 19.4 Å². The lowest BCUT2D eigenvalue weighted by Crippen LogP contribution is -2.42. The van der Waals surface area contributed by atoms with E-state index in [-0.39, 0.29) is 18.9 Å². The van der Waals surface area contributed by atoms with Crippen molar-refractivity contribution in [2.24, 2.45) is 0 Å². The second-order valence-corrected chi connectivity index (χ2v) is 3.65. The quantitative estimate of drug-likeness (QED) is 0.790. The van der Waals surface area contributed by atoms with Crippen molar-refractivity contribution >= 4 is 12.0 Å². The van der Waals surface area contributed by atoms with Crippen molar-refractivity contribution in [3.8, 4) is 5.75 Å². The lowest BCUT2D eigenvalue weighted by molar-refractivity contribution is -0.121. The number of nitrogens with one attached hydrogen (secondary N) is 2. The molecule has 0 unspecified atom stereocenters. The molecular weight excluding hydrogens is 248 g/mol. The van der Waals surface area contributed by atoms with Crippen LogP contribution in [0, 0.1) is 0 Å². The van der Waals surface area contributed by atoms with Gasteiger partial charge in [0.1, 0.15) is 5.75 Å². The number of ether oxygens (including phenoxy) is 2. The zero-order chi connectivity index (χ0) is 14.1. The molecule has 0 saturated carbocycles. The van der Waals surface area contributed by atoms with E-state index in [0.717, 1.165) is 11.3 Å². The van der Waals surface area contributed by atoms with Crippen LogP contribution in [-0.2, 0) is 16.0 Å². The third-order valence-electron chi connectivity index (χ3n) is 2.18. The number of amides is 2. The fourth-order valence-corrected chi connectivity index (χ4v) is 1.39. The van der Waals surface area contributed by atoms with E-state index in [1.165, 1.54) is 0 Å². The predicted molar refractivity (Wildman–Crippen MR) is 69.6 cm³/mol. The zero-order valence-electron chi connectivity index (χ0n) is 11.1. The molecule has 1 aromatic carbocycles. The van der Waals surface area contributed by atoms with Crippen LogP contribution in [-0.4, -0.2) is 25.2 Å². The first-order valence-electron chi connectivity index (χ1n) is 6.09. The number of hydrogen-bond acceptors (Lipinski definition) is 4. The molecule has 0 aliphatic carbocycles. The molecular formula is C13H18N2O4. The summed E-state index contributed by atoms with van der Waals surface area (Å²) in [4.78, 5) is 22.5. The number of carbonyl (C=O) groups excluding carboxylic acids is 2. The fourth-order valence-electron chi connectivity index (χ4n) is 1.39. The lowest BCUT2D eigenvalue weighted by Gasteiger charge is -2.07. The first kappa shape index (κ1) is 14.8. The summed E-state index contributed by atoms with van der Waals surface area (Å²) < 4.78 is 9.90. The molecule has 6 heteroatoms. The van der Waals surface area contributed by atoms with E-state index in [9.17, 15) is 9.59 Å². The van der Waals surface area contributed by atoms with Crippen molar-refractivity contribution < 1.29 is 19.1 Å². The Morgan fingerprint density at radius 3 is 2.32 bits per heavy atom. The van der Waals surface area contributed by atoms with Crippen molar-refractivity contribution in [2.75, 3.05) is 13.2 Å². The van der Waals surface area contributed by atoms with Gasteiger partial charge in [-0.15, -0.1) is 0 Å².